The molecule has 0 aliphatic carbocycles. The van der Waals surface area contributed by atoms with Gasteiger partial charge in [-0.05, 0) is 61.4 Å². The predicted molar refractivity (Wildman–Crippen MR) is 104 cm³/mol. The second-order valence-corrected chi connectivity index (χ2v) is 5.17. The second-order valence-electron chi connectivity index (χ2n) is 5.17. The third-order valence-corrected chi connectivity index (χ3v) is 2.57. The molecule has 0 saturated heterocycles. The third-order valence-electron chi connectivity index (χ3n) is 2.57. The smallest absolute Gasteiger partial charge is 0.112 e. The minimum atomic E-state index is 0. The molecule has 0 aliphatic rings. The molecule has 0 N–H and O–H groups in total. The topological polar surface area (TPSA) is 55.9 Å². The average Bonchev–Trinajstić information content (AvgIpc) is 2.47. The molecule has 1 unspecified atom stereocenters. The SMILES string of the molecule is CCN=C=NC(CC)N(C)C.CCN=C=NCCCN(C)C.Cl. The molecule has 0 bridgehead atoms. The number of nitrogens with zero attached hydrogens (tertiary/aromatic N) is 6. The highest BCUT2D eigenvalue weighted by molar-refractivity contribution is 5.85. The van der Waals surface area contributed by atoms with Crippen LogP contribution in [0.15, 0.2) is 20.0 Å². The number of hydrogen-bond acceptors (Lipinski definition) is 6. The third kappa shape index (κ3) is 23.4. The first-order valence-corrected chi connectivity index (χ1v) is 7.99. The van der Waals surface area contributed by atoms with Crippen LogP contribution in [0.4, 0.5) is 0 Å². The summed E-state index contributed by atoms with van der Waals surface area (Å²) in [7, 11) is 8.13. The molecule has 0 fully saturated rings. The summed E-state index contributed by atoms with van der Waals surface area (Å²) in [5, 5.41) is 0. The maximum Gasteiger partial charge on any atom is 0.112 e. The summed E-state index contributed by atoms with van der Waals surface area (Å²) in [6, 6.07) is 5.32. The van der Waals surface area contributed by atoms with E-state index in [4.69, 9.17) is 0 Å². The highest BCUT2D eigenvalue weighted by Crippen LogP contribution is 1.97. The van der Waals surface area contributed by atoms with E-state index in [9.17, 15) is 0 Å². The van der Waals surface area contributed by atoms with E-state index in [2.05, 4.69) is 62.8 Å². The predicted octanol–water partition coefficient (Wildman–Crippen LogP) is 3.03. The van der Waals surface area contributed by atoms with Crippen molar-refractivity contribution in [3.8, 4) is 0 Å². The van der Waals surface area contributed by atoms with Crippen LogP contribution in [-0.2, 0) is 0 Å². The normalized spacial score (nSPS) is 10.5. The van der Waals surface area contributed by atoms with E-state index in [-0.39, 0.29) is 18.6 Å². The lowest BCUT2D eigenvalue weighted by Crippen LogP contribution is -2.24. The van der Waals surface area contributed by atoms with Gasteiger partial charge in [-0.25, -0.2) is 20.0 Å². The van der Waals surface area contributed by atoms with Gasteiger partial charge in [0.15, 0.2) is 0 Å². The van der Waals surface area contributed by atoms with Crippen molar-refractivity contribution in [3.63, 3.8) is 0 Å². The van der Waals surface area contributed by atoms with E-state index in [1.54, 1.807) is 0 Å². The van der Waals surface area contributed by atoms with Crippen molar-refractivity contribution in [1.29, 1.82) is 0 Å². The monoisotopic (exact) mass is 346 g/mol. The van der Waals surface area contributed by atoms with Crippen LogP contribution >= 0.6 is 12.4 Å². The van der Waals surface area contributed by atoms with Crippen LogP contribution in [-0.4, -0.2) is 82.4 Å². The second kappa shape index (κ2) is 21.0. The molecule has 6 nitrogen and oxygen atoms in total. The quantitative estimate of drug-likeness (QED) is 0.476. The van der Waals surface area contributed by atoms with Crippen molar-refractivity contribution in [2.24, 2.45) is 20.0 Å². The van der Waals surface area contributed by atoms with E-state index < -0.39 is 0 Å². The van der Waals surface area contributed by atoms with E-state index in [0.29, 0.717) is 0 Å². The standard InChI is InChI=1S/2C8H17N3.ClH/c1-5-8(11(3)4)10-7-9-6-2;1-4-9-8-10-6-5-7-11(2)3;/h8H,5-6H2,1-4H3;4-7H2,1-3H3;1H. The van der Waals surface area contributed by atoms with Crippen LogP contribution < -0.4 is 0 Å². The van der Waals surface area contributed by atoms with E-state index in [1.165, 1.54) is 0 Å². The van der Waals surface area contributed by atoms with E-state index >= 15 is 0 Å². The van der Waals surface area contributed by atoms with Gasteiger partial charge in [-0.1, -0.05) is 6.92 Å². The van der Waals surface area contributed by atoms with Crippen LogP contribution in [0.3, 0.4) is 0 Å². The Bertz CT molecular complexity index is 356. The van der Waals surface area contributed by atoms with Gasteiger partial charge in [0.2, 0.25) is 0 Å². The number of hydrogen-bond donors (Lipinski definition) is 0. The van der Waals surface area contributed by atoms with Gasteiger partial charge in [-0.2, -0.15) is 0 Å². The number of aliphatic imine (C=N–C) groups is 4. The molecule has 7 heteroatoms. The molecule has 23 heavy (non-hydrogen) atoms. The first-order chi connectivity index (χ1) is 10.5. The molecular formula is C16H35ClN6. The summed E-state index contributed by atoms with van der Waals surface area (Å²) in [5.74, 6) is 0. The molecule has 0 aromatic carbocycles. The number of halogens is 1. The Kier molecular flexibility index (Phi) is 24.5. The Hall–Kier alpha value is -1.03. The van der Waals surface area contributed by atoms with Gasteiger partial charge in [0, 0.05) is 13.1 Å². The molecular weight excluding hydrogens is 312 g/mol. The summed E-state index contributed by atoms with van der Waals surface area (Å²) in [5.41, 5.74) is 0. The molecule has 0 amide bonds. The fraction of sp³-hybridized carbons (Fsp3) is 0.875. The van der Waals surface area contributed by atoms with Crippen molar-refractivity contribution in [2.45, 2.75) is 39.8 Å². The first kappa shape index (κ1) is 26.8. The van der Waals surface area contributed by atoms with Gasteiger partial charge >= 0.3 is 0 Å². The Morgan fingerprint density at radius 3 is 1.87 bits per heavy atom. The van der Waals surface area contributed by atoms with Crippen LogP contribution in [0.5, 0.6) is 0 Å². The summed E-state index contributed by atoms with van der Waals surface area (Å²) in [4.78, 5) is 20.1. The Morgan fingerprint density at radius 1 is 0.870 bits per heavy atom. The Labute approximate surface area is 148 Å². The fourth-order valence-corrected chi connectivity index (χ4v) is 1.39. The summed E-state index contributed by atoms with van der Waals surface area (Å²) >= 11 is 0. The molecule has 0 heterocycles. The van der Waals surface area contributed by atoms with E-state index in [0.717, 1.165) is 39.0 Å². The molecule has 0 saturated carbocycles. The van der Waals surface area contributed by atoms with Crippen molar-refractivity contribution < 1.29 is 0 Å². The van der Waals surface area contributed by atoms with Gasteiger partial charge in [0.05, 0.1) is 18.6 Å². The van der Waals surface area contributed by atoms with Gasteiger partial charge in [0.1, 0.15) is 6.17 Å². The highest BCUT2D eigenvalue weighted by atomic mass is 35.5. The van der Waals surface area contributed by atoms with Crippen molar-refractivity contribution in [3.05, 3.63) is 0 Å². The van der Waals surface area contributed by atoms with Crippen LogP contribution in [0, 0.1) is 0 Å². The fourth-order valence-electron chi connectivity index (χ4n) is 1.39. The molecule has 136 valence electrons. The minimum absolute atomic E-state index is 0. The Morgan fingerprint density at radius 2 is 1.43 bits per heavy atom. The van der Waals surface area contributed by atoms with E-state index in [1.807, 2.05) is 27.9 Å². The minimum Gasteiger partial charge on any atom is -0.309 e. The molecule has 0 aliphatic heterocycles. The molecule has 0 rings (SSSR count). The maximum absolute atomic E-state index is 4.14. The average molecular weight is 347 g/mol. The van der Waals surface area contributed by atoms with Crippen LogP contribution in [0.1, 0.15) is 33.6 Å². The lowest BCUT2D eigenvalue weighted by molar-refractivity contribution is 0.296. The van der Waals surface area contributed by atoms with Gasteiger partial charge in [-0.3, -0.25) is 4.90 Å². The zero-order chi connectivity index (χ0) is 17.2. The molecule has 0 aromatic heterocycles. The number of rotatable bonds is 9. The summed E-state index contributed by atoms with van der Waals surface area (Å²) in [6.45, 7) is 9.49. The molecule has 0 spiro atoms. The highest BCUT2D eigenvalue weighted by Gasteiger charge is 2.03. The summed E-state index contributed by atoms with van der Waals surface area (Å²) < 4.78 is 0. The van der Waals surface area contributed by atoms with Crippen molar-refractivity contribution in [2.75, 3.05) is 54.4 Å². The van der Waals surface area contributed by atoms with Crippen LogP contribution in [0.25, 0.3) is 0 Å². The molecule has 1 atom stereocenters. The molecule has 0 radical (unpaired) electrons. The largest absolute Gasteiger partial charge is 0.309 e. The maximum atomic E-state index is 4.14. The lowest BCUT2D eigenvalue weighted by atomic mass is 10.4. The van der Waals surface area contributed by atoms with Crippen LogP contribution in [0.2, 0.25) is 0 Å². The molecule has 0 aromatic rings. The summed E-state index contributed by atoms with van der Waals surface area (Å²) in [6.07, 6.45) is 2.31. The zero-order valence-electron chi connectivity index (χ0n) is 15.9. The first-order valence-electron chi connectivity index (χ1n) is 7.99. The Balaban J connectivity index is -0.000000333. The van der Waals surface area contributed by atoms with Gasteiger partial charge < -0.3 is 4.90 Å². The van der Waals surface area contributed by atoms with Crippen molar-refractivity contribution in [1.82, 2.24) is 9.80 Å². The van der Waals surface area contributed by atoms with Gasteiger partial charge in [0.25, 0.3) is 0 Å². The lowest BCUT2D eigenvalue weighted by Gasteiger charge is -2.15. The van der Waals surface area contributed by atoms with Gasteiger partial charge in [-0.15, -0.1) is 12.4 Å². The van der Waals surface area contributed by atoms with Crippen molar-refractivity contribution >= 4 is 24.4 Å². The zero-order valence-corrected chi connectivity index (χ0v) is 16.7.